The van der Waals surface area contributed by atoms with Crippen LogP contribution >= 0.6 is 11.6 Å². The normalized spacial score (nSPS) is 18.1. The number of piperazine rings is 1. The van der Waals surface area contributed by atoms with E-state index in [-0.39, 0.29) is 18.0 Å². The Kier molecular flexibility index (Phi) is 10.2. The molecular weight excluding hydrogens is 503 g/mol. The molecule has 1 amide bonds. The zero-order valence-electron chi connectivity index (χ0n) is 23.9. The van der Waals surface area contributed by atoms with E-state index in [0.717, 1.165) is 37.4 Å². The molecule has 1 saturated carbocycles. The molecule has 208 valence electrons. The second-order valence-corrected chi connectivity index (χ2v) is 11.6. The number of carbonyl (C=O) groups excluding carboxylic acids is 1. The van der Waals surface area contributed by atoms with Crippen molar-refractivity contribution >= 4 is 29.1 Å². The molecule has 4 rings (SSSR count). The number of halogens is 2. The SMILES string of the molecule is C/C=C(\c1c(C)ncnc1N1CCN(C(=O)OC(C)(C)C)C(C)C1)C1CC1.CCCc1cc(Cl)ccc1F. The van der Waals surface area contributed by atoms with Gasteiger partial charge in [-0.05, 0) is 96.1 Å². The zero-order valence-corrected chi connectivity index (χ0v) is 24.6. The smallest absolute Gasteiger partial charge is 0.410 e. The summed E-state index contributed by atoms with van der Waals surface area (Å²) in [7, 11) is 0. The fraction of sp³-hybridized carbons (Fsp3) is 0.567. The predicted octanol–water partition coefficient (Wildman–Crippen LogP) is 7.48. The van der Waals surface area contributed by atoms with Crippen molar-refractivity contribution in [2.75, 3.05) is 24.5 Å². The molecule has 1 aromatic carbocycles. The fourth-order valence-corrected chi connectivity index (χ4v) is 4.96. The summed E-state index contributed by atoms with van der Waals surface area (Å²) in [5.74, 6) is 1.48. The summed E-state index contributed by atoms with van der Waals surface area (Å²) in [4.78, 5) is 25.7. The second-order valence-electron chi connectivity index (χ2n) is 11.1. The average Bonchev–Trinajstić information content (AvgIpc) is 3.67. The maximum absolute atomic E-state index is 12.9. The minimum Gasteiger partial charge on any atom is -0.444 e. The van der Waals surface area contributed by atoms with Gasteiger partial charge in [-0.15, -0.1) is 0 Å². The Balaban J connectivity index is 0.000000304. The van der Waals surface area contributed by atoms with E-state index in [9.17, 15) is 9.18 Å². The van der Waals surface area contributed by atoms with Gasteiger partial charge in [0.1, 0.15) is 23.6 Å². The monoisotopic (exact) mass is 544 g/mol. The van der Waals surface area contributed by atoms with Crippen molar-refractivity contribution in [3.63, 3.8) is 0 Å². The van der Waals surface area contributed by atoms with Crippen LogP contribution in [0.1, 0.15) is 77.6 Å². The van der Waals surface area contributed by atoms with E-state index in [2.05, 4.69) is 41.7 Å². The molecule has 0 bridgehead atoms. The first-order chi connectivity index (χ1) is 17.9. The highest BCUT2D eigenvalue weighted by Crippen LogP contribution is 2.45. The summed E-state index contributed by atoms with van der Waals surface area (Å²) in [6.07, 6.45) is 7.82. The van der Waals surface area contributed by atoms with Gasteiger partial charge in [-0.3, -0.25) is 0 Å². The van der Waals surface area contributed by atoms with Gasteiger partial charge in [0.05, 0.1) is 5.69 Å². The van der Waals surface area contributed by atoms with E-state index in [1.807, 2.05) is 32.6 Å². The summed E-state index contributed by atoms with van der Waals surface area (Å²) in [6, 6.07) is 4.72. The Bertz CT molecular complexity index is 1140. The third-order valence-electron chi connectivity index (χ3n) is 6.72. The number of amides is 1. The number of aromatic nitrogens is 2. The predicted molar refractivity (Wildman–Crippen MR) is 153 cm³/mol. The van der Waals surface area contributed by atoms with Crippen LogP contribution in [0.25, 0.3) is 5.57 Å². The van der Waals surface area contributed by atoms with Gasteiger partial charge in [0.2, 0.25) is 0 Å². The number of carbonyl (C=O) groups is 1. The first-order valence-corrected chi connectivity index (χ1v) is 14.0. The van der Waals surface area contributed by atoms with Crippen molar-refractivity contribution in [3.8, 4) is 0 Å². The Hall–Kier alpha value is -2.67. The summed E-state index contributed by atoms with van der Waals surface area (Å²) in [6.45, 7) is 16.1. The maximum atomic E-state index is 12.9. The van der Waals surface area contributed by atoms with Gasteiger partial charge in [-0.1, -0.05) is 31.0 Å². The molecule has 1 aliphatic carbocycles. The number of nitrogens with zero attached hydrogens (tertiary/aromatic N) is 4. The van der Waals surface area contributed by atoms with Crippen molar-refractivity contribution in [2.24, 2.45) is 5.92 Å². The number of allylic oxidation sites excluding steroid dienone is 2. The van der Waals surface area contributed by atoms with Gasteiger partial charge in [-0.25, -0.2) is 19.2 Å². The summed E-state index contributed by atoms with van der Waals surface area (Å²) >= 11 is 5.69. The number of ether oxygens (including phenoxy) is 1. The molecule has 38 heavy (non-hydrogen) atoms. The van der Waals surface area contributed by atoms with Crippen LogP contribution in [0.15, 0.2) is 30.6 Å². The van der Waals surface area contributed by atoms with E-state index < -0.39 is 5.60 Å². The van der Waals surface area contributed by atoms with Crippen LogP contribution in [0.5, 0.6) is 0 Å². The van der Waals surface area contributed by atoms with E-state index in [1.165, 1.54) is 30.0 Å². The van der Waals surface area contributed by atoms with E-state index in [4.69, 9.17) is 16.3 Å². The summed E-state index contributed by atoms with van der Waals surface area (Å²) in [5, 5.41) is 0.606. The Morgan fingerprint density at radius 3 is 2.53 bits per heavy atom. The minimum atomic E-state index is -0.476. The van der Waals surface area contributed by atoms with Gasteiger partial charge in [-0.2, -0.15) is 0 Å². The molecule has 0 N–H and O–H groups in total. The number of rotatable bonds is 5. The van der Waals surface area contributed by atoms with Gasteiger partial charge >= 0.3 is 6.09 Å². The van der Waals surface area contributed by atoms with Crippen molar-refractivity contribution in [1.29, 1.82) is 0 Å². The van der Waals surface area contributed by atoms with Crippen molar-refractivity contribution in [2.45, 2.75) is 85.8 Å². The molecule has 2 aliphatic rings. The van der Waals surface area contributed by atoms with Crippen LogP contribution in [0.4, 0.5) is 15.0 Å². The molecule has 1 aliphatic heterocycles. The molecule has 8 heteroatoms. The summed E-state index contributed by atoms with van der Waals surface area (Å²) in [5.41, 5.74) is 3.81. The number of anilines is 1. The molecule has 2 aromatic rings. The van der Waals surface area contributed by atoms with Crippen LogP contribution in [-0.4, -0.2) is 52.2 Å². The van der Waals surface area contributed by atoms with E-state index >= 15 is 0 Å². The lowest BCUT2D eigenvalue weighted by molar-refractivity contribution is 0.0158. The topological polar surface area (TPSA) is 58.6 Å². The zero-order chi connectivity index (χ0) is 28.0. The van der Waals surface area contributed by atoms with Crippen molar-refractivity contribution in [1.82, 2.24) is 14.9 Å². The van der Waals surface area contributed by atoms with Gasteiger partial charge in [0.15, 0.2) is 0 Å². The van der Waals surface area contributed by atoms with Crippen LogP contribution in [0.3, 0.4) is 0 Å². The lowest BCUT2D eigenvalue weighted by Crippen LogP contribution is -2.55. The van der Waals surface area contributed by atoms with Crippen molar-refractivity contribution in [3.05, 3.63) is 58.3 Å². The Morgan fingerprint density at radius 2 is 1.95 bits per heavy atom. The molecule has 6 nitrogen and oxygen atoms in total. The quantitative estimate of drug-likeness (QED) is 0.390. The van der Waals surface area contributed by atoms with E-state index in [1.54, 1.807) is 18.5 Å². The Labute approximate surface area is 232 Å². The standard InChI is InChI=1S/C21H32N4O2.C9H10ClF/c1-7-17(16-8-9-16)18-15(3)22-13-23-19(18)24-10-11-25(14(2)12-24)20(26)27-21(4,5)6;1-2-3-7-6-8(10)4-5-9(7)11/h7,13-14,16H,8-12H2,1-6H3;4-6H,2-3H2,1H3/b17-7-;. The first kappa shape index (κ1) is 29.9. The van der Waals surface area contributed by atoms with Gasteiger partial charge < -0.3 is 14.5 Å². The third-order valence-corrected chi connectivity index (χ3v) is 6.95. The van der Waals surface area contributed by atoms with Crippen LogP contribution < -0.4 is 4.90 Å². The van der Waals surface area contributed by atoms with Gasteiger partial charge in [0.25, 0.3) is 0 Å². The lowest BCUT2D eigenvalue weighted by atomic mass is 9.99. The Morgan fingerprint density at radius 1 is 1.24 bits per heavy atom. The number of aryl methyl sites for hydroxylation is 2. The van der Waals surface area contributed by atoms with Crippen LogP contribution in [0.2, 0.25) is 5.02 Å². The lowest BCUT2D eigenvalue weighted by Gasteiger charge is -2.41. The molecule has 1 unspecified atom stereocenters. The summed E-state index contributed by atoms with van der Waals surface area (Å²) < 4.78 is 18.5. The number of benzene rings is 1. The van der Waals surface area contributed by atoms with Gasteiger partial charge in [0, 0.05) is 36.3 Å². The van der Waals surface area contributed by atoms with Crippen LogP contribution in [-0.2, 0) is 11.2 Å². The second kappa shape index (κ2) is 12.9. The first-order valence-electron chi connectivity index (χ1n) is 13.6. The largest absolute Gasteiger partial charge is 0.444 e. The minimum absolute atomic E-state index is 0.0618. The van der Waals surface area contributed by atoms with Crippen LogP contribution in [0, 0.1) is 18.7 Å². The third kappa shape index (κ3) is 7.92. The molecule has 1 saturated heterocycles. The highest BCUT2D eigenvalue weighted by Gasteiger charge is 2.34. The van der Waals surface area contributed by atoms with Crippen molar-refractivity contribution < 1.29 is 13.9 Å². The molecule has 1 aromatic heterocycles. The fourth-order valence-electron chi connectivity index (χ4n) is 4.76. The average molecular weight is 545 g/mol. The molecular formula is C30H42ClFN4O2. The molecule has 2 fully saturated rings. The molecule has 1 atom stereocenters. The van der Waals surface area contributed by atoms with E-state index in [0.29, 0.717) is 23.0 Å². The highest BCUT2D eigenvalue weighted by molar-refractivity contribution is 6.30. The molecule has 0 spiro atoms. The number of hydrogen-bond donors (Lipinski definition) is 0. The number of hydrogen-bond acceptors (Lipinski definition) is 5. The maximum Gasteiger partial charge on any atom is 0.410 e. The molecule has 2 heterocycles. The highest BCUT2D eigenvalue weighted by atomic mass is 35.5. The molecule has 0 radical (unpaired) electrons.